The fraction of sp³-hybridized carbons (Fsp3) is 0.353. The van der Waals surface area contributed by atoms with Gasteiger partial charge in [-0.25, -0.2) is 8.42 Å². The zero-order valence-corrected chi connectivity index (χ0v) is 26.7. The highest BCUT2D eigenvalue weighted by Gasteiger charge is 2.29. The third kappa shape index (κ3) is 6.76. The van der Waals surface area contributed by atoms with Crippen molar-refractivity contribution >= 4 is 50.5 Å². The Balaban J connectivity index is 1.10. The molecule has 2 atom stereocenters. The molecule has 4 heterocycles. The second kappa shape index (κ2) is 12.9. The van der Waals surface area contributed by atoms with E-state index in [2.05, 4.69) is 37.5 Å². The van der Waals surface area contributed by atoms with Gasteiger partial charge in [-0.3, -0.25) is 9.69 Å². The van der Waals surface area contributed by atoms with Crippen LogP contribution in [-0.2, 0) is 21.4 Å². The summed E-state index contributed by atoms with van der Waals surface area (Å²) in [5, 5.41) is 5.88. The number of nitrogens with zero attached hydrogens (tertiary/aromatic N) is 3. The van der Waals surface area contributed by atoms with Crippen LogP contribution in [0.5, 0.6) is 5.75 Å². The van der Waals surface area contributed by atoms with Gasteiger partial charge in [0.2, 0.25) is 15.9 Å². The zero-order chi connectivity index (χ0) is 30.8. The summed E-state index contributed by atoms with van der Waals surface area (Å²) in [5.74, 6) is 0.574. The Bertz CT molecular complexity index is 1940. The lowest BCUT2D eigenvalue weighted by Crippen LogP contribution is -2.50. The molecule has 4 aromatic rings. The van der Waals surface area contributed by atoms with E-state index in [-0.39, 0.29) is 23.3 Å². The van der Waals surface area contributed by atoms with Gasteiger partial charge < -0.3 is 15.0 Å². The summed E-state index contributed by atoms with van der Waals surface area (Å²) in [4.78, 5) is 18.1. The summed E-state index contributed by atoms with van der Waals surface area (Å²) in [6.45, 7) is 4.11. The van der Waals surface area contributed by atoms with Crippen LogP contribution in [0.15, 0.2) is 71.8 Å². The molecule has 45 heavy (non-hydrogen) atoms. The molecule has 11 heteroatoms. The maximum atomic E-state index is 13.7. The van der Waals surface area contributed by atoms with Gasteiger partial charge in [0.15, 0.2) is 0 Å². The van der Waals surface area contributed by atoms with Crippen molar-refractivity contribution in [1.29, 1.82) is 0 Å². The van der Waals surface area contributed by atoms with Crippen LogP contribution in [0.2, 0.25) is 0 Å². The summed E-state index contributed by atoms with van der Waals surface area (Å²) in [5.41, 5.74) is 2.17. The Kier molecular flexibility index (Phi) is 8.59. The zero-order valence-electron chi connectivity index (χ0n) is 25.0. The number of rotatable bonds is 9. The highest BCUT2D eigenvalue weighted by molar-refractivity contribution is 7.89. The number of piperidine rings is 1. The van der Waals surface area contributed by atoms with Crippen molar-refractivity contribution in [2.24, 2.45) is 0 Å². The van der Waals surface area contributed by atoms with E-state index in [1.807, 2.05) is 41.4 Å². The molecule has 0 spiro atoms. The number of benzene rings is 3. The van der Waals surface area contributed by atoms with Gasteiger partial charge in [0.05, 0.1) is 28.5 Å². The first kappa shape index (κ1) is 29.9. The van der Waals surface area contributed by atoms with Crippen molar-refractivity contribution in [2.75, 3.05) is 26.2 Å². The summed E-state index contributed by atoms with van der Waals surface area (Å²) < 4.78 is 41.6. The lowest BCUT2D eigenvalue weighted by molar-refractivity contribution is -0.123. The highest BCUT2D eigenvalue weighted by atomic mass is 32.2. The number of ether oxygens (including phenoxy) is 1. The molecule has 234 valence electrons. The molecule has 0 aliphatic carbocycles. The molecule has 0 saturated carbocycles. The van der Waals surface area contributed by atoms with Gasteiger partial charge in [-0.1, -0.05) is 48.9 Å². The predicted octanol–water partition coefficient (Wildman–Crippen LogP) is 3.45. The first-order valence-electron chi connectivity index (χ1n) is 15.6. The van der Waals surface area contributed by atoms with Crippen molar-refractivity contribution in [3.63, 3.8) is 0 Å². The number of fused-ring (bicyclic) bond motifs is 3. The smallest absolute Gasteiger partial charge is 0.242 e. The van der Waals surface area contributed by atoms with Gasteiger partial charge in [-0.15, -0.1) is 0 Å². The standard InChI is InChI=1S/C34H37N5O4S2/c40-34(36-30-13-17-43-31-18-24(8-11-29(30)31)22-38-14-4-1-5-15-38)20-33(39-16-12-32-27(23-39)21-35-44-32)37-45(41,42)28-10-9-25-6-2-3-7-26(25)19-28/h2-3,6-12,18-19,21,23,30,33,37H,1,4-5,13-17,20,22H2,(H,36,40). The van der Waals surface area contributed by atoms with Crippen LogP contribution in [0, 0.1) is 0 Å². The third-order valence-electron chi connectivity index (χ3n) is 8.83. The molecule has 3 aliphatic rings. The van der Waals surface area contributed by atoms with Crippen molar-refractivity contribution < 1.29 is 17.9 Å². The van der Waals surface area contributed by atoms with Gasteiger partial charge in [0.1, 0.15) is 11.9 Å². The van der Waals surface area contributed by atoms with Crippen LogP contribution in [0.1, 0.15) is 49.3 Å². The van der Waals surface area contributed by atoms with Crippen molar-refractivity contribution in [2.45, 2.75) is 55.8 Å². The van der Waals surface area contributed by atoms with Crippen molar-refractivity contribution in [1.82, 2.24) is 24.2 Å². The Hall–Kier alpha value is -3.77. The minimum atomic E-state index is -3.95. The van der Waals surface area contributed by atoms with Crippen LogP contribution in [0.4, 0.5) is 0 Å². The highest BCUT2D eigenvalue weighted by Crippen LogP contribution is 2.33. The van der Waals surface area contributed by atoms with Gasteiger partial charge in [-0.05, 0) is 78.1 Å². The van der Waals surface area contributed by atoms with Gasteiger partial charge in [-0.2, -0.15) is 9.10 Å². The van der Waals surface area contributed by atoms with E-state index < -0.39 is 16.2 Å². The number of likely N-dealkylation sites (tertiary alicyclic amines) is 1. The normalized spacial score (nSPS) is 19.0. The second-order valence-corrected chi connectivity index (χ2v) is 14.5. The number of sulfonamides is 1. The van der Waals surface area contributed by atoms with E-state index in [4.69, 9.17) is 4.74 Å². The molecule has 0 bridgehead atoms. The molecular weight excluding hydrogens is 607 g/mol. The van der Waals surface area contributed by atoms with Crippen LogP contribution >= 0.6 is 11.5 Å². The second-order valence-electron chi connectivity index (χ2n) is 12.0. The number of hydrogen-bond donors (Lipinski definition) is 2. The summed E-state index contributed by atoms with van der Waals surface area (Å²) in [6, 6.07) is 18.8. The predicted molar refractivity (Wildman–Crippen MR) is 176 cm³/mol. The Morgan fingerprint density at radius 1 is 1.04 bits per heavy atom. The number of carbonyl (C=O) groups is 1. The number of aromatic nitrogens is 1. The van der Waals surface area contributed by atoms with E-state index in [9.17, 15) is 13.2 Å². The molecule has 9 nitrogen and oxygen atoms in total. The first-order chi connectivity index (χ1) is 21.9. The maximum Gasteiger partial charge on any atom is 0.242 e. The van der Waals surface area contributed by atoms with Gasteiger partial charge >= 0.3 is 0 Å². The molecular formula is C34H37N5O4S2. The average Bonchev–Trinajstić information content (AvgIpc) is 3.53. The molecule has 1 fully saturated rings. The molecule has 1 saturated heterocycles. The monoisotopic (exact) mass is 643 g/mol. The molecule has 3 aliphatic heterocycles. The van der Waals surface area contributed by atoms with Crippen LogP contribution < -0.4 is 24.5 Å². The van der Waals surface area contributed by atoms with Crippen molar-refractivity contribution in [3.05, 3.63) is 87.7 Å². The van der Waals surface area contributed by atoms with Gasteiger partial charge in [0.25, 0.3) is 0 Å². The van der Waals surface area contributed by atoms with E-state index in [0.717, 1.165) is 51.5 Å². The number of carbonyl (C=O) groups excluding carboxylic acids is 1. The SMILES string of the molecule is O=C(CC(NS(=O)(=O)c1ccc2ccccc2c1)N1C=c2cnsc2=CC1)NC1CCOc2cc(CN3CCCCC3)ccc21. The lowest BCUT2D eigenvalue weighted by Gasteiger charge is -2.32. The summed E-state index contributed by atoms with van der Waals surface area (Å²) in [6.07, 6.45) is 9.21. The largest absolute Gasteiger partial charge is 0.493 e. The maximum absolute atomic E-state index is 13.7. The fourth-order valence-electron chi connectivity index (χ4n) is 6.44. The Morgan fingerprint density at radius 2 is 1.89 bits per heavy atom. The van der Waals surface area contributed by atoms with Crippen LogP contribution in [-0.4, -0.2) is 60.9 Å². The Morgan fingerprint density at radius 3 is 2.76 bits per heavy atom. The fourth-order valence-corrected chi connectivity index (χ4v) is 8.32. The Labute approximate surface area is 267 Å². The van der Waals surface area contributed by atoms with E-state index >= 15 is 0 Å². The first-order valence-corrected chi connectivity index (χ1v) is 17.8. The number of amides is 1. The van der Waals surface area contributed by atoms with E-state index in [0.29, 0.717) is 19.6 Å². The third-order valence-corrected chi connectivity index (χ3v) is 11.1. The number of hydrogen-bond acceptors (Lipinski definition) is 8. The lowest BCUT2D eigenvalue weighted by atomic mass is 9.98. The molecule has 2 N–H and O–H groups in total. The number of nitrogens with one attached hydrogen (secondary N) is 2. The quantitative estimate of drug-likeness (QED) is 0.288. The molecule has 1 amide bonds. The molecule has 2 unspecified atom stereocenters. The average molecular weight is 644 g/mol. The molecule has 1 aromatic heterocycles. The van der Waals surface area contributed by atoms with Crippen molar-refractivity contribution in [3.8, 4) is 5.75 Å². The molecule has 7 rings (SSSR count). The van der Waals surface area contributed by atoms with E-state index in [1.165, 1.54) is 36.4 Å². The summed E-state index contributed by atoms with van der Waals surface area (Å²) in [7, 11) is -3.95. The summed E-state index contributed by atoms with van der Waals surface area (Å²) >= 11 is 1.40. The minimum absolute atomic E-state index is 0.0657. The van der Waals surface area contributed by atoms with Crippen LogP contribution in [0.3, 0.4) is 0 Å². The van der Waals surface area contributed by atoms with Gasteiger partial charge in [0, 0.05) is 42.7 Å². The molecule has 3 aromatic carbocycles. The molecule has 0 radical (unpaired) electrons. The minimum Gasteiger partial charge on any atom is -0.493 e. The topological polar surface area (TPSA) is 104 Å². The van der Waals surface area contributed by atoms with Crippen LogP contribution in [0.25, 0.3) is 23.0 Å². The van der Waals surface area contributed by atoms with E-state index in [1.54, 1.807) is 24.4 Å².